The number of fused-ring (bicyclic) bond motifs is 1. The molecule has 1 heterocycles. The third-order valence-electron chi connectivity index (χ3n) is 5.32. The van der Waals surface area contributed by atoms with Crippen LogP contribution in [0.15, 0.2) is 0 Å². The Morgan fingerprint density at radius 1 is 0.929 bits per heavy atom. The maximum atomic E-state index is 11.0. The average Bonchev–Trinajstić information content (AvgIpc) is 3.05. The van der Waals surface area contributed by atoms with Gasteiger partial charge in [-0.3, -0.25) is 0 Å². The summed E-state index contributed by atoms with van der Waals surface area (Å²) < 4.78 is 6.30. The van der Waals surface area contributed by atoms with E-state index in [0.29, 0.717) is 21.5 Å². The molecule has 6 heteroatoms. The first-order valence-electron chi connectivity index (χ1n) is 10.9. The van der Waals surface area contributed by atoms with Crippen molar-refractivity contribution in [3.05, 3.63) is 10.0 Å². The van der Waals surface area contributed by atoms with Gasteiger partial charge in [0.2, 0.25) is 0 Å². The lowest BCUT2D eigenvalue weighted by molar-refractivity contribution is 0.210. The zero-order valence-electron chi connectivity index (χ0n) is 17.9. The Kier molecular flexibility index (Phi) is 9.36. The Labute approximate surface area is 180 Å². The van der Waals surface area contributed by atoms with Gasteiger partial charge in [0, 0.05) is 26.1 Å². The average molecular weight is 431 g/mol. The lowest BCUT2D eigenvalue weighted by Crippen LogP contribution is -2.35. The Bertz CT molecular complexity index is 629. The Balaban J connectivity index is 2.49. The smallest absolute Gasteiger partial charge is 0.172 e. The topological polar surface area (TPSA) is 35.9 Å². The maximum Gasteiger partial charge on any atom is 0.172 e. The van der Waals surface area contributed by atoms with Crippen molar-refractivity contribution in [3.63, 3.8) is 0 Å². The van der Waals surface area contributed by atoms with Crippen molar-refractivity contribution in [3.8, 4) is 11.5 Å². The summed E-state index contributed by atoms with van der Waals surface area (Å²) in [4.78, 5) is 4.35. The van der Waals surface area contributed by atoms with E-state index in [1.165, 1.54) is 0 Å². The summed E-state index contributed by atoms with van der Waals surface area (Å²) in [5, 5.41) is 11.9. The fraction of sp³-hybridized carbons (Fsp3) is 0.727. The minimum absolute atomic E-state index is 0.0732. The molecule has 2 rings (SSSR count). The second kappa shape index (κ2) is 11.3. The molecule has 0 spiro atoms. The normalized spacial score (nSPS) is 15.6. The number of aromatic hydroxyl groups is 1. The summed E-state index contributed by atoms with van der Waals surface area (Å²) >= 11 is 13.5. The number of nitrogens with zero attached hydrogens (tertiary/aromatic N) is 2. The second-order valence-electron chi connectivity index (χ2n) is 7.61. The number of unbranched alkanes of at least 4 members (excludes halogenated alkanes) is 3. The van der Waals surface area contributed by atoms with E-state index in [4.69, 9.17) is 27.9 Å². The largest absolute Gasteiger partial charge is 0.504 e. The first-order valence-corrected chi connectivity index (χ1v) is 11.7. The molecule has 1 aliphatic rings. The molecule has 28 heavy (non-hydrogen) atoms. The minimum Gasteiger partial charge on any atom is -0.504 e. The van der Waals surface area contributed by atoms with Gasteiger partial charge in [0.1, 0.15) is 21.4 Å². The SMILES string of the molecule is CCCCN(CCCC)c1c(O)c(Cl)c2c(c1Cl)O[C@@H](CCC)N2CCCC. The zero-order chi connectivity index (χ0) is 20.7. The quantitative estimate of drug-likeness (QED) is 0.379. The summed E-state index contributed by atoms with van der Waals surface area (Å²) in [7, 11) is 0. The van der Waals surface area contributed by atoms with E-state index >= 15 is 0 Å². The standard InChI is InChI=1S/C22H36Cl2N2O2/c1-5-9-13-25(14-10-6-2)19-18(24)22-20(17(23)21(19)27)26(15-11-7-3)16(28-22)12-8-4/h16,27H,5-15H2,1-4H3/t16-/m0/s1. The molecule has 1 atom stereocenters. The molecule has 0 aliphatic carbocycles. The van der Waals surface area contributed by atoms with Crippen LogP contribution in [0.5, 0.6) is 11.5 Å². The van der Waals surface area contributed by atoms with Crippen molar-refractivity contribution in [2.75, 3.05) is 29.4 Å². The number of rotatable bonds is 12. The number of halogens is 2. The van der Waals surface area contributed by atoms with Crippen LogP contribution < -0.4 is 14.5 Å². The summed E-state index contributed by atoms with van der Waals surface area (Å²) in [6.07, 6.45) is 8.20. The molecule has 0 bridgehead atoms. The molecular formula is C22H36Cl2N2O2. The van der Waals surface area contributed by atoms with Gasteiger partial charge < -0.3 is 19.6 Å². The van der Waals surface area contributed by atoms with Gasteiger partial charge in [-0.2, -0.15) is 0 Å². The third kappa shape index (κ3) is 4.94. The van der Waals surface area contributed by atoms with E-state index in [0.717, 1.165) is 76.7 Å². The molecule has 0 aromatic heterocycles. The number of phenolic OH excluding ortho intramolecular Hbond substituents is 1. The summed E-state index contributed by atoms with van der Waals surface area (Å²) in [5.74, 6) is 0.715. The number of hydrogen-bond donors (Lipinski definition) is 1. The number of anilines is 2. The molecule has 0 radical (unpaired) electrons. The van der Waals surface area contributed by atoms with E-state index in [9.17, 15) is 5.11 Å². The Hall–Kier alpha value is -1.00. The maximum absolute atomic E-state index is 11.0. The van der Waals surface area contributed by atoms with E-state index in [1.807, 2.05) is 0 Å². The van der Waals surface area contributed by atoms with Crippen molar-refractivity contribution in [2.45, 2.75) is 85.3 Å². The molecule has 1 aromatic rings. The predicted molar refractivity (Wildman–Crippen MR) is 122 cm³/mol. The molecule has 0 fully saturated rings. The molecule has 0 saturated heterocycles. The molecule has 160 valence electrons. The fourth-order valence-electron chi connectivity index (χ4n) is 3.71. The molecule has 1 aliphatic heterocycles. The second-order valence-corrected chi connectivity index (χ2v) is 8.36. The Morgan fingerprint density at radius 2 is 1.54 bits per heavy atom. The van der Waals surface area contributed by atoms with Crippen molar-refractivity contribution in [1.29, 1.82) is 0 Å². The lowest BCUT2D eigenvalue weighted by Gasteiger charge is -2.28. The van der Waals surface area contributed by atoms with Crippen LogP contribution in [-0.4, -0.2) is 31.0 Å². The van der Waals surface area contributed by atoms with Gasteiger partial charge in [-0.15, -0.1) is 0 Å². The van der Waals surface area contributed by atoms with Gasteiger partial charge >= 0.3 is 0 Å². The van der Waals surface area contributed by atoms with Gasteiger partial charge in [-0.1, -0.05) is 76.6 Å². The highest BCUT2D eigenvalue weighted by molar-refractivity contribution is 6.40. The highest BCUT2D eigenvalue weighted by Gasteiger charge is 2.38. The molecule has 0 unspecified atom stereocenters. The number of ether oxygens (including phenoxy) is 1. The van der Waals surface area contributed by atoms with Gasteiger partial charge in [0.05, 0.1) is 0 Å². The first kappa shape index (κ1) is 23.3. The van der Waals surface area contributed by atoms with Crippen molar-refractivity contribution in [2.24, 2.45) is 0 Å². The molecule has 1 N–H and O–H groups in total. The predicted octanol–water partition coefficient (Wildman–Crippen LogP) is 7.23. The monoisotopic (exact) mass is 430 g/mol. The van der Waals surface area contributed by atoms with Crippen molar-refractivity contribution in [1.82, 2.24) is 0 Å². The fourth-order valence-corrected chi connectivity index (χ4v) is 4.33. The molecule has 4 nitrogen and oxygen atoms in total. The number of benzene rings is 1. The van der Waals surface area contributed by atoms with E-state index in [-0.39, 0.29) is 12.0 Å². The van der Waals surface area contributed by atoms with Crippen LogP contribution >= 0.6 is 23.2 Å². The van der Waals surface area contributed by atoms with E-state index in [1.54, 1.807) is 0 Å². The van der Waals surface area contributed by atoms with Crippen molar-refractivity contribution >= 4 is 34.6 Å². The van der Waals surface area contributed by atoms with Crippen LogP contribution in [0.1, 0.15) is 79.1 Å². The summed E-state index contributed by atoms with van der Waals surface area (Å²) in [6, 6.07) is 0. The van der Waals surface area contributed by atoms with Crippen molar-refractivity contribution < 1.29 is 9.84 Å². The van der Waals surface area contributed by atoms with E-state index in [2.05, 4.69) is 37.5 Å². The van der Waals surface area contributed by atoms with E-state index < -0.39 is 0 Å². The van der Waals surface area contributed by atoms with Crippen LogP contribution in [0.2, 0.25) is 10.0 Å². The van der Waals surface area contributed by atoms with Crippen LogP contribution in [-0.2, 0) is 0 Å². The molecule has 0 saturated carbocycles. The lowest BCUT2D eigenvalue weighted by atomic mass is 10.1. The molecular weight excluding hydrogens is 395 g/mol. The summed E-state index contributed by atoms with van der Waals surface area (Å²) in [6.45, 7) is 11.2. The van der Waals surface area contributed by atoms with Crippen LogP contribution in [0.25, 0.3) is 0 Å². The highest BCUT2D eigenvalue weighted by Crippen LogP contribution is 2.57. The molecule has 1 aromatic carbocycles. The Morgan fingerprint density at radius 3 is 2.07 bits per heavy atom. The van der Waals surface area contributed by atoms with Crippen LogP contribution in [0.3, 0.4) is 0 Å². The highest BCUT2D eigenvalue weighted by atomic mass is 35.5. The third-order valence-corrected chi connectivity index (χ3v) is 6.03. The van der Waals surface area contributed by atoms with Gasteiger partial charge in [-0.25, -0.2) is 0 Å². The van der Waals surface area contributed by atoms with Crippen LogP contribution in [0.4, 0.5) is 11.4 Å². The number of hydrogen-bond acceptors (Lipinski definition) is 4. The molecule has 0 amide bonds. The van der Waals surface area contributed by atoms with Gasteiger partial charge in [-0.05, 0) is 19.3 Å². The summed E-state index contributed by atoms with van der Waals surface area (Å²) in [5.41, 5.74) is 1.38. The number of phenols is 1. The van der Waals surface area contributed by atoms with Gasteiger partial charge in [0.15, 0.2) is 17.7 Å². The van der Waals surface area contributed by atoms with Crippen LogP contribution in [0, 0.1) is 0 Å². The zero-order valence-corrected chi connectivity index (χ0v) is 19.4. The van der Waals surface area contributed by atoms with Gasteiger partial charge in [0.25, 0.3) is 0 Å². The minimum atomic E-state index is -0.0732. The first-order chi connectivity index (χ1) is 13.5.